The number of rotatable bonds is 5. The number of benzene rings is 2. The van der Waals surface area contributed by atoms with Gasteiger partial charge in [0.25, 0.3) is 0 Å². The number of ether oxygens (including phenoxy) is 2. The Hall–Kier alpha value is -2.73. The van der Waals surface area contributed by atoms with Crippen LogP contribution < -0.4 is 4.74 Å². The standard InChI is InChI=1S/C18H13FO4S/c1-22-15-7-3-2-5-11(15)14(20)10-23-18(21)17-9-12-13(19)6-4-8-16(12)24-17/h2-9H,10H2,1H3. The fraction of sp³-hybridized carbons (Fsp3) is 0.111. The number of hydrogen-bond donors (Lipinski definition) is 0. The summed E-state index contributed by atoms with van der Waals surface area (Å²) in [6, 6.07) is 12.8. The molecule has 24 heavy (non-hydrogen) atoms. The maximum atomic E-state index is 13.7. The summed E-state index contributed by atoms with van der Waals surface area (Å²) in [5.41, 5.74) is 0.343. The summed E-state index contributed by atoms with van der Waals surface area (Å²) in [4.78, 5) is 24.5. The van der Waals surface area contributed by atoms with Gasteiger partial charge in [-0.05, 0) is 30.3 Å². The minimum Gasteiger partial charge on any atom is -0.496 e. The van der Waals surface area contributed by atoms with Crippen molar-refractivity contribution in [1.29, 1.82) is 0 Å². The van der Waals surface area contributed by atoms with Crippen molar-refractivity contribution >= 4 is 33.2 Å². The Labute approximate surface area is 141 Å². The highest BCUT2D eigenvalue weighted by atomic mass is 32.1. The molecule has 0 aliphatic carbocycles. The first-order valence-corrected chi connectivity index (χ1v) is 7.93. The highest BCUT2D eigenvalue weighted by Gasteiger charge is 2.17. The predicted molar refractivity (Wildman–Crippen MR) is 89.4 cm³/mol. The molecule has 0 aliphatic heterocycles. The molecule has 0 spiro atoms. The molecule has 0 aliphatic rings. The third-order valence-electron chi connectivity index (χ3n) is 3.45. The summed E-state index contributed by atoms with van der Waals surface area (Å²) in [5, 5.41) is 0.366. The van der Waals surface area contributed by atoms with Crippen LogP contribution in [0.2, 0.25) is 0 Å². The normalized spacial score (nSPS) is 10.6. The van der Waals surface area contributed by atoms with Crippen molar-refractivity contribution in [3.8, 4) is 5.75 Å². The summed E-state index contributed by atoms with van der Waals surface area (Å²) in [5.74, 6) is -0.998. The van der Waals surface area contributed by atoms with Crippen LogP contribution in [0.25, 0.3) is 10.1 Å². The maximum absolute atomic E-state index is 13.7. The van der Waals surface area contributed by atoms with E-state index in [-0.39, 0.29) is 10.7 Å². The summed E-state index contributed by atoms with van der Waals surface area (Å²) in [6.07, 6.45) is 0. The van der Waals surface area contributed by atoms with E-state index in [2.05, 4.69) is 0 Å². The Balaban J connectivity index is 1.72. The van der Waals surface area contributed by atoms with Gasteiger partial charge in [0.05, 0.1) is 12.7 Å². The van der Waals surface area contributed by atoms with E-state index in [0.717, 1.165) is 11.3 Å². The topological polar surface area (TPSA) is 52.6 Å². The first kappa shape index (κ1) is 16.1. The molecule has 0 fully saturated rings. The highest BCUT2D eigenvalue weighted by Crippen LogP contribution is 2.28. The number of esters is 1. The molecule has 0 bridgehead atoms. The Morgan fingerprint density at radius 1 is 1.12 bits per heavy atom. The third kappa shape index (κ3) is 3.14. The lowest BCUT2D eigenvalue weighted by Crippen LogP contribution is -2.14. The number of ketones is 1. The van der Waals surface area contributed by atoms with Gasteiger partial charge in [0.2, 0.25) is 5.78 Å². The van der Waals surface area contributed by atoms with E-state index in [1.807, 2.05) is 0 Å². The van der Waals surface area contributed by atoms with Crippen LogP contribution in [0.4, 0.5) is 4.39 Å². The van der Waals surface area contributed by atoms with Gasteiger partial charge in [0.1, 0.15) is 16.4 Å². The first-order valence-electron chi connectivity index (χ1n) is 7.11. The van der Waals surface area contributed by atoms with Gasteiger partial charge in [-0.15, -0.1) is 11.3 Å². The number of fused-ring (bicyclic) bond motifs is 1. The van der Waals surface area contributed by atoms with Crippen molar-refractivity contribution in [2.24, 2.45) is 0 Å². The minimum absolute atomic E-state index is 0.253. The Bertz CT molecular complexity index is 916. The molecule has 0 N–H and O–H groups in total. The molecule has 3 rings (SSSR count). The number of carbonyl (C=O) groups excluding carboxylic acids is 2. The van der Waals surface area contributed by atoms with Crippen LogP contribution in [0.15, 0.2) is 48.5 Å². The van der Waals surface area contributed by atoms with Gasteiger partial charge in [-0.25, -0.2) is 9.18 Å². The van der Waals surface area contributed by atoms with Crippen molar-refractivity contribution in [1.82, 2.24) is 0 Å². The molecule has 2 aromatic carbocycles. The fourth-order valence-corrected chi connectivity index (χ4v) is 3.25. The quantitative estimate of drug-likeness (QED) is 0.517. The van der Waals surface area contributed by atoms with Crippen LogP contribution in [0.5, 0.6) is 5.75 Å². The highest BCUT2D eigenvalue weighted by molar-refractivity contribution is 7.20. The van der Waals surface area contributed by atoms with Gasteiger partial charge >= 0.3 is 5.97 Å². The molecule has 0 radical (unpaired) electrons. The molecular weight excluding hydrogens is 331 g/mol. The molecule has 1 heterocycles. The zero-order valence-electron chi connectivity index (χ0n) is 12.7. The van der Waals surface area contributed by atoms with Crippen LogP contribution in [0.1, 0.15) is 20.0 Å². The van der Waals surface area contributed by atoms with Crippen molar-refractivity contribution in [2.75, 3.05) is 13.7 Å². The van der Waals surface area contributed by atoms with Crippen molar-refractivity contribution in [3.05, 3.63) is 64.8 Å². The molecular formula is C18H13FO4S. The van der Waals surface area contributed by atoms with Crippen molar-refractivity contribution in [2.45, 2.75) is 0 Å². The van der Waals surface area contributed by atoms with E-state index in [1.165, 1.54) is 19.2 Å². The monoisotopic (exact) mass is 344 g/mol. The summed E-state index contributed by atoms with van der Waals surface area (Å²) in [6.45, 7) is -0.407. The number of para-hydroxylation sites is 1. The third-order valence-corrected chi connectivity index (χ3v) is 4.53. The number of methoxy groups -OCH3 is 1. The van der Waals surface area contributed by atoms with Crippen LogP contribution in [-0.2, 0) is 4.74 Å². The molecule has 122 valence electrons. The molecule has 0 saturated carbocycles. The molecule has 3 aromatic rings. The number of Topliss-reactive ketones (excluding diaryl/α,β-unsaturated/α-hetero) is 1. The van der Waals surface area contributed by atoms with E-state index in [4.69, 9.17) is 9.47 Å². The fourth-order valence-electron chi connectivity index (χ4n) is 2.28. The predicted octanol–water partition coefficient (Wildman–Crippen LogP) is 4.09. The Morgan fingerprint density at radius 3 is 2.67 bits per heavy atom. The second kappa shape index (κ2) is 6.80. The lowest BCUT2D eigenvalue weighted by Gasteiger charge is -2.07. The van der Waals surface area contributed by atoms with Gasteiger partial charge in [0, 0.05) is 10.1 Å². The lowest BCUT2D eigenvalue weighted by molar-refractivity contribution is 0.0479. The second-order valence-electron chi connectivity index (χ2n) is 4.96. The molecule has 6 heteroatoms. The van der Waals surface area contributed by atoms with E-state index in [0.29, 0.717) is 21.4 Å². The van der Waals surface area contributed by atoms with Crippen LogP contribution in [-0.4, -0.2) is 25.5 Å². The van der Waals surface area contributed by atoms with Crippen LogP contribution >= 0.6 is 11.3 Å². The van der Waals surface area contributed by atoms with E-state index < -0.39 is 18.4 Å². The SMILES string of the molecule is COc1ccccc1C(=O)COC(=O)c1cc2c(F)cccc2s1. The van der Waals surface area contributed by atoms with Crippen molar-refractivity contribution in [3.63, 3.8) is 0 Å². The zero-order chi connectivity index (χ0) is 17.1. The van der Waals surface area contributed by atoms with Crippen molar-refractivity contribution < 1.29 is 23.5 Å². The summed E-state index contributed by atoms with van der Waals surface area (Å²) >= 11 is 1.12. The Kier molecular flexibility index (Phi) is 4.57. The maximum Gasteiger partial charge on any atom is 0.348 e. The Morgan fingerprint density at radius 2 is 1.92 bits per heavy atom. The molecule has 0 amide bonds. The molecule has 0 atom stereocenters. The van der Waals surface area contributed by atoms with Crippen LogP contribution in [0, 0.1) is 5.82 Å². The van der Waals surface area contributed by atoms with E-state index in [9.17, 15) is 14.0 Å². The lowest BCUT2D eigenvalue weighted by atomic mass is 10.1. The van der Waals surface area contributed by atoms with E-state index in [1.54, 1.807) is 36.4 Å². The second-order valence-corrected chi connectivity index (χ2v) is 6.05. The summed E-state index contributed by atoms with van der Waals surface area (Å²) in [7, 11) is 1.46. The number of hydrogen-bond acceptors (Lipinski definition) is 5. The van der Waals surface area contributed by atoms with Crippen LogP contribution in [0.3, 0.4) is 0 Å². The summed E-state index contributed by atoms with van der Waals surface area (Å²) < 4.78 is 24.5. The average molecular weight is 344 g/mol. The number of halogens is 1. The molecule has 4 nitrogen and oxygen atoms in total. The minimum atomic E-state index is -0.654. The number of thiophene rings is 1. The molecule has 0 saturated heterocycles. The number of carbonyl (C=O) groups is 2. The first-order chi connectivity index (χ1) is 11.6. The largest absolute Gasteiger partial charge is 0.496 e. The van der Waals surface area contributed by atoms with Gasteiger partial charge in [-0.3, -0.25) is 4.79 Å². The average Bonchev–Trinajstić information content (AvgIpc) is 3.05. The zero-order valence-corrected chi connectivity index (χ0v) is 13.6. The van der Waals surface area contributed by atoms with Gasteiger partial charge < -0.3 is 9.47 Å². The molecule has 0 unspecified atom stereocenters. The van der Waals surface area contributed by atoms with E-state index >= 15 is 0 Å². The van der Waals surface area contributed by atoms with Gasteiger partial charge in [-0.1, -0.05) is 18.2 Å². The molecule has 1 aromatic heterocycles. The van der Waals surface area contributed by atoms with Gasteiger partial charge in [-0.2, -0.15) is 0 Å². The smallest absolute Gasteiger partial charge is 0.348 e. The van der Waals surface area contributed by atoms with Gasteiger partial charge in [0.15, 0.2) is 6.61 Å².